The number of hydrogen-bond donors (Lipinski definition) is 1. The minimum absolute atomic E-state index is 0.492. The smallest absolute Gasteiger partial charge is 0.126 e. The van der Waals surface area contributed by atoms with E-state index in [-0.39, 0.29) is 0 Å². The molecular weight excluding hydrogens is 198 g/mol. The molecule has 0 aliphatic carbocycles. The van der Waals surface area contributed by atoms with Gasteiger partial charge in [0.25, 0.3) is 0 Å². The molecule has 0 spiro atoms. The van der Waals surface area contributed by atoms with E-state index in [9.17, 15) is 0 Å². The van der Waals surface area contributed by atoms with Crippen molar-refractivity contribution in [2.75, 3.05) is 0 Å². The Bertz CT molecular complexity index is 402. The van der Waals surface area contributed by atoms with Gasteiger partial charge >= 0.3 is 0 Å². The van der Waals surface area contributed by atoms with Crippen molar-refractivity contribution >= 4 is 6.21 Å². The first kappa shape index (κ1) is 12.7. The lowest BCUT2D eigenvalue weighted by Crippen LogP contribution is -2.18. The summed E-state index contributed by atoms with van der Waals surface area (Å²) < 4.78 is 1.88. The summed E-state index contributed by atoms with van der Waals surface area (Å²) in [6.07, 6.45) is 6.09. The number of unbranched alkanes of at least 4 members (excludes halogenated alkanes) is 1. The Morgan fingerprint density at radius 1 is 1.44 bits per heavy atom. The second kappa shape index (κ2) is 6.26. The average Bonchev–Trinajstić information content (AvgIpc) is 2.26. The fourth-order valence-corrected chi connectivity index (χ4v) is 1.39. The molecule has 0 bridgehead atoms. The number of aromatic nitrogens is 1. The third-order valence-electron chi connectivity index (χ3n) is 2.50. The molecule has 1 aromatic rings. The van der Waals surface area contributed by atoms with Gasteiger partial charge in [0.15, 0.2) is 0 Å². The van der Waals surface area contributed by atoms with E-state index in [2.05, 4.69) is 25.8 Å². The summed E-state index contributed by atoms with van der Waals surface area (Å²) in [6.45, 7) is 7.00. The zero-order valence-corrected chi connectivity index (χ0v) is 10.4. The van der Waals surface area contributed by atoms with E-state index in [1.807, 2.05) is 29.1 Å². The molecule has 1 N–H and O–H groups in total. The van der Waals surface area contributed by atoms with Crippen molar-refractivity contribution in [3.8, 4) is 0 Å². The minimum atomic E-state index is 0.492. The normalized spacial score (nSPS) is 11.5. The highest BCUT2D eigenvalue weighted by Crippen LogP contribution is 2.11. The third-order valence-corrected chi connectivity index (χ3v) is 2.50. The number of hydrogen-bond acceptors (Lipinski definition) is 2. The molecule has 1 rings (SSSR count). The standard InChI is InChI=1S/C13H21N3/c1-4-5-8-15-10-16-9-12(11(2)3)6-7-13(16)14/h6-9,11,14H,4-5,10H2,1-3H3/b14-13?,15-8-. The van der Waals surface area contributed by atoms with Crippen molar-refractivity contribution in [3.63, 3.8) is 0 Å². The molecule has 0 atom stereocenters. The average molecular weight is 219 g/mol. The van der Waals surface area contributed by atoms with Gasteiger partial charge in [-0.1, -0.05) is 33.3 Å². The second-order valence-electron chi connectivity index (χ2n) is 4.27. The molecule has 0 aromatic carbocycles. The number of pyridine rings is 1. The summed E-state index contributed by atoms with van der Waals surface area (Å²) in [5, 5.41) is 7.78. The van der Waals surface area contributed by atoms with Gasteiger partial charge in [-0.05, 0) is 24.0 Å². The van der Waals surface area contributed by atoms with Crippen LogP contribution >= 0.6 is 0 Å². The summed E-state index contributed by atoms with van der Waals surface area (Å²) in [5.74, 6) is 0.492. The van der Waals surface area contributed by atoms with Crippen LogP contribution in [0.1, 0.15) is 45.1 Å². The Morgan fingerprint density at radius 2 is 2.19 bits per heavy atom. The molecule has 3 nitrogen and oxygen atoms in total. The zero-order chi connectivity index (χ0) is 12.0. The number of aliphatic imine (C=N–C) groups is 1. The lowest BCUT2D eigenvalue weighted by Gasteiger charge is -2.09. The van der Waals surface area contributed by atoms with E-state index in [1.165, 1.54) is 5.56 Å². The summed E-state index contributed by atoms with van der Waals surface area (Å²) in [5.41, 5.74) is 1.76. The van der Waals surface area contributed by atoms with Gasteiger partial charge in [-0.25, -0.2) is 0 Å². The van der Waals surface area contributed by atoms with Crippen LogP contribution in [0.25, 0.3) is 0 Å². The van der Waals surface area contributed by atoms with Crippen LogP contribution in [-0.4, -0.2) is 10.8 Å². The van der Waals surface area contributed by atoms with Crippen molar-refractivity contribution < 1.29 is 0 Å². The van der Waals surface area contributed by atoms with E-state index in [1.54, 1.807) is 0 Å². The Labute approximate surface area is 97.4 Å². The highest BCUT2D eigenvalue weighted by atomic mass is 15.1. The summed E-state index contributed by atoms with van der Waals surface area (Å²) in [6, 6.07) is 3.85. The molecule has 16 heavy (non-hydrogen) atoms. The highest BCUT2D eigenvalue weighted by Gasteiger charge is 1.99. The number of nitrogens with one attached hydrogen (secondary N) is 1. The number of nitrogens with zero attached hydrogens (tertiary/aromatic N) is 2. The predicted octanol–water partition coefficient (Wildman–Crippen LogP) is 2.92. The van der Waals surface area contributed by atoms with Gasteiger partial charge in [-0.15, -0.1) is 0 Å². The topological polar surface area (TPSA) is 41.1 Å². The molecular formula is C13H21N3. The van der Waals surface area contributed by atoms with Crippen molar-refractivity contribution in [1.82, 2.24) is 4.57 Å². The van der Waals surface area contributed by atoms with Crippen LogP contribution < -0.4 is 5.49 Å². The van der Waals surface area contributed by atoms with Gasteiger partial charge in [0, 0.05) is 12.4 Å². The SMILES string of the molecule is CCC/C=N\Cn1cc(C(C)C)ccc1=N. The fraction of sp³-hybridized carbons (Fsp3) is 0.538. The third kappa shape index (κ3) is 3.65. The van der Waals surface area contributed by atoms with Gasteiger partial charge in [0.1, 0.15) is 12.2 Å². The van der Waals surface area contributed by atoms with Gasteiger partial charge in [-0.3, -0.25) is 10.4 Å². The van der Waals surface area contributed by atoms with Crippen molar-refractivity contribution in [1.29, 1.82) is 5.41 Å². The first-order valence-corrected chi connectivity index (χ1v) is 5.88. The Hall–Kier alpha value is -1.38. The first-order chi connectivity index (χ1) is 7.65. The second-order valence-corrected chi connectivity index (χ2v) is 4.27. The van der Waals surface area contributed by atoms with Gasteiger partial charge < -0.3 is 4.57 Å². The van der Waals surface area contributed by atoms with Crippen molar-refractivity contribution in [2.24, 2.45) is 4.99 Å². The predicted molar refractivity (Wildman–Crippen MR) is 67.8 cm³/mol. The summed E-state index contributed by atoms with van der Waals surface area (Å²) >= 11 is 0. The maximum Gasteiger partial charge on any atom is 0.126 e. The Morgan fingerprint density at radius 3 is 2.81 bits per heavy atom. The Kier molecular flexibility index (Phi) is 4.96. The minimum Gasteiger partial charge on any atom is -0.313 e. The van der Waals surface area contributed by atoms with Gasteiger partial charge in [0.2, 0.25) is 0 Å². The van der Waals surface area contributed by atoms with E-state index < -0.39 is 0 Å². The van der Waals surface area contributed by atoms with E-state index in [4.69, 9.17) is 5.41 Å². The van der Waals surface area contributed by atoms with Gasteiger partial charge in [0.05, 0.1) is 0 Å². The fourth-order valence-electron chi connectivity index (χ4n) is 1.39. The van der Waals surface area contributed by atoms with E-state index in [0.29, 0.717) is 18.1 Å². The van der Waals surface area contributed by atoms with Gasteiger partial charge in [-0.2, -0.15) is 0 Å². The first-order valence-electron chi connectivity index (χ1n) is 5.88. The van der Waals surface area contributed by atoms with Crippen LogP contribution in [0.5, 0.6) is 0 Å². The molecule has 0 fully saturated rings. The lowest BCUT2D eigenvalue weighted by atomic mass is 10.1. The lowest BCUT2D eigenvalue weighted by molar-refractivity contribution is 0.666. The van der Waals surface area contributed by atoms with Crippen LogP contribution in [-0.2, 0) is 6.67 Å². The van der Waals surface area contributed by atoms with Crippen molar-refractivity contribution in [2.45, 2.75) is 46.2 Å². The molecule has 0 radical (unpaired) electrons. The maximum absolute atomic E-state index is 7.78. The summed E-state index contributed by atoms with van der Waals surface area (Å²) in [4.78, 5) is 4.31. The zero-order valence-electron chi connectivity index (χ0n) is 10.4. The van der Waals surface area contributed by atoms with E-state index in [0.717, 1.165) is 12.8 Å². The molecule has 0 amide bonds. The van der Waals surface area contributed by atoms with Crippen LogP contribution in [0.15, 0.2) is 23.3 Å². The Balaban J connectivity index is 2.78. The van der Waals surface area contributed by atoms with Crippen molar-refractivity contribution in [3.05, 3.63) is 29.4 Å². The van der Waals surface area contributed by atoms with Crippen LogP contribution in [0.2, 0.25) is 0 Å². The monoisotopic (exact) mass is 219 g/mol. The molecule has 0 aliphatic heterocycles. The molecule has 1 heterocycles. The van der Waals surface area contributed by atoms with Crippen LogP contribution in [0, 0.1) is 5.41 Å². The molecule has 0 unspecified atom stereocenters. The summed E-state index contributed by atoms with van der Waals surface area (Å²) in [7, 11) is 0. The van der Waals surface area contributed by atoms with Crippen LogP contribution in [0.4, 0.5) is 0 Å². The quantitative estimate of drug-likeness (QED) is 0.740. The maximum atomic E-state index is 7.78. The molecule has 0 saturated heterocycles. The largest absolute Gasteiger partial charge is 0.313 e. The molecule has 3 heteroatoms. The van der Waals surface area contributed by atoms with E-state index >= 15 is 0 Å². The molecule has 88 valence electrons. The number of rotatable bonds is 5. The highest BCUT2D eigenvalue weighted by molar-refractivity contribution is 5.56. The molecule has 0 aliphatic rings. The molecule has 1 aromatic heterocycles. The van der Waals surface area contributed by atoms with Crippen LogP contribution in [0.3, 0.4) is 0 Å². The molecule has 0 saturated carbocycles.